The first kappa shape index (κ1) is 26.0. The zero-order valence-electron chi connectivity index (χ0n) is 20.9. The van der Waals surface area contributed by atoms with Crippen molar-refractivity contribution < 1.29 is 17.6 Å². The summed E-state index contributed by atoms with van der Waals surface area (Å²) in [5, 5.41) is 3.78. The summed E-state index contributed by atoms with van der Waals surface area (Å²) in [6, 6.07) is 11.2. The van der Waals surface area contributed by atoms with E-state index in [2.05, 4.69) is 27.0 Å². The van der Waals surface area contributed by atoms with Crippen molar-refractivity contribution in [3.05, 3.63) is 53.8 Å². The number of piperidine rings is 1. The van der Waals surface area contributed by atoms with E-state index in [0.29, 0.717) is 43.2 Å². The van der Waals surface area contributed by atoms with Crippen LogP contribution in [0.5, 0.6) is 0 Å². The second-order valence-electron chi connectivity index (χ2n) is 9.80. The van der Waals surface area contributed by atoms with Crippen molar-refractivity contribution in [1.82, 2.24) is 19.5 Å². The molecule has 37 heavy (non-hydrogen) atoms. The van der Waals surface area contributed by atoms with Gasteiger partial charge in [0, 0.05) is 57.9 Å². The minimum Gasteiger partial charge on any atom is -0.351 e. The maximum Gasteiger partial charge on any atom is 0.251 e. The molecule has 0 saturated carbocycles. The average molecular weight is 546 g/mol. The van der Waals surface area contributed by atoms with Crippen LogP contribution in [0.3, 0.4) is 0 Å². The van der Waals surface area contributed by atoms with Crippen molar-refractivity contribution in [3.8, 4) is 0 Å². The zero-order chi connectivity index (χ0) is 26.0. The van der Waals surface area contributed by atoms with E-state index >= 15 is 0 Å². The van der Waals surface area contributed by atoms with Crippen molar-refractivity contribution in [2.45, 2.75) is 24.7 Å². The van der Waals surface area contributed by atoms with Gasteiger partial charge >= 0.3 is 0 Å². The Hall–Kier alpha value is -2.60. The Morgan fingerprint density at radius 1 is 1.11 bits per heavy atom. The molecule has 1 amide bonds. The molecule has 1 atom stereocenters. The topological polar surface area (TPSA) is 85.8 Å². The molecule has 198 valence electrons. The number of benzene rings is 2. The number of hydrogen-bond donors (Lipinski definition) is 1. The highest BCUT2D eigenvalue weighted by molar-refractivity contribution is 7.89. The predicted octanol–water partition coefficient (Wildman–Crippen LogP) is 3.41. The molecule has 8 nitrogen and oxygen atoms in total. The van der Waals surface area contributed by atoms with E-state index in [1.807, 2.05) is 6.07 Å². The van der Waals surface area contributed by atoms with Crippen LogP contribution in [0.4, 0.5) is 9.52 Å². The number of piperazine rings is 1. The van der Waals surface area contributed by atoms with Gasteiger partial charge in [0.05, 0.1) is 9.60 Å². The molecule has 2 aromatic carbocycles. The summed E-state index contributed by atoms with van der Waals surface area (Å²) in [5.74, 6) is -0.151. The van der Waals surface area contributed by atoms with Gasteiger partial charge in [0.25, 0.3) is 5.91 Å². The number of carbonyl (C=O) groups excluding carboxylic acids is 1. The highest BCUT2D eigenvalue weighted by Crippen LogP contribution is 2.30. The number of sulfonamides is 1. The zero-order valence-corrected chi connectivity index (χ0v) is 22.5. The molecule has 3 heterocycles. The van der Waals surface area contributed by atoms with Crippen LogP contribution in [-0.4, -0.2) is 80.9 Å². The van der Waals surface area contributed by atoms with Gasteiger partial charge in [-0.05, 0) is 55.2 Å². The SMILES string of the molecule is CC1CCCN(S(=O)(=O)c2ccc(C(=O)NCCN3CCN(c4nc5c(F)cccc5s4)CC3)cc2)C1. The van der Waals surface area contributed by atoms with Crippen LogP contribution in [0.15, 0.2) is 47.4 Å². The van der Waals surface area contributed by atoms with E-state index in [1.54, 1.807) is 22.5 Å². The van der Waals surface area contributed by atoms with Gasteiger partial charge in [-0.3, -0.25) is 9.69 Å². The number of nitrogens with zero attached hydrogens (tertiary/aromatic N) is 4. The molecule has 1 unspecified atom stereocenters. The van der Waals surface area contributed by atoms with Crippen molar-refractivity contribution in [1.29, 1.82) is 0 Å². The molecular weight excluding hydrogens is 513 g/mol. The third-order valence-corrected chi connectivity index (χ3v) is 10.0. The van der Waals surface area contributed by atoms with Crippen molar-refractivity contribution in [2.24, 2.45) is 5.92 Å². The fourth-order valence-electron chi connectivity index (χ4n) is 4.92. The summed E-state index contributed by atoms with van der Waals surface area (Å²) in [5.41, 5.74) is 0.873. The fourth-order valence-corrected chi connectivity index (χ4v) is 7.55. The Labute approximate surface area is 221 Å². The number of carbonyl (C=O) groups is 1. The molecule has 11 heteroatoms. The number of nitrogens with one attached hydrogen (secondary N) is 1. The third kappa shape index (κ3) is 5.79. The van der Waals surface area contributed by atoms with Gasteiger partial charge in [-0.25, -0.2) is 17.8 Å². The lowest BCUT2D eigenvalue weighted by Gasteiger charge is -2.34. The van der Waals surface area contributed by atoms with E-state index in [4.69, 9.17) is 0 Å². The second kappa shape index (κ2) is 11.0. The quantitative estimate of drug-likeness (QED) is 0.490. The third-order valence-electron chi connectivity index (χ3n) is 7.09. The van der Waals surface area contributed by atoms with Crippen LogP contribution in [0.2, 0.25) is 0 Å². The molecule has 2 aliphatic heterocycles. The number of para-hydroxylation sites is 1. The van der Waals surface area contributed by atoms with Gasteiger partial charge < -0.3 is 10.2 Å². The summed E-state index contributed by atoms with van der Waals surface area (Å²) in [4.78, 5) is 21.8. The molecule has 5 rings (SSSR count). The summed E-state index contributed by atoms with van der Waals surface area (Å²) in [7, 11) is -3.53. The molecule has 0 aliphatic carbocycles. The number of fused-ring (bicyclic) bond motifs is 1. The number of aromatic nitrogens is 1. The monoisotopic (exact) mass is 545 g/mol. The van der Waals surface area contributed by atoms with Crippen molar-refractivity contribution >= 4 is 42.6 Å². The first-order valence-electron chi connectivity index (χ1n) is 12.7. The van der Waals surface area contributed by atoms with E-state index < -0.39 is 10.0 Å². The van der Waals surface area contributed by atoms with Crippen LogP contribution in [-0.2, 0) is 10.0 Å². The molecule has 3 aromatic rings. The molecule has 1 N–H and O–H groups in total. The lowest BCUT2D eigenvalue weighted by atomic mass is 10.0. The predicted molar refractivity (Wildman–Crippen MR) is 144 cm³/mol. The number of amides is 1. The standard InChI is InChI=1S/C26H32FN5O3S2/c1-19-4-3-12-32(18-19)37(34,35)21-9-7-20(8-10-21)25(33)28-11-13-30-14-16-31(17-15-30)26-29-24-22(27)5-2-6-23(24)36-26/h2,5-10,19H,3-4,11-18H2,1H3,(H,28,33). The Kier molecular flexibility index (Phi) is 7.75. The largest absolute Gasteiger partial charge is 0.351 e. The minimum absolute atomic E-state index is 0.217. The molecule has 0 radical (unpaired) electrons. The molecule has 2 aliphatic rings. The smallest absolute Gasteiger partial charge is 0.251 e. The average Bonchev–Trinajstić information content (AvgIpc) is 3.35. The number of hydrogen-bond acceptors (Lipinski definition) is 7. The van der Waals surface area contributed by atoms with Crippen LogP contribution in [0, 0.1) is 11.7 Å². The molecule has 2 saturated heterocycles. The van der Waals surface area contributed by atoms with Gasteiger partial charge in [-0.15, -0.1) is 0 Å². The second-order valence-corrected chi connectivity index (χ2v) is 12.7. The highest BCUT2D eigenvalue weighted by atomic mass is 32.2. The Morgan fingerprint density at radius 2 is 1.86 bits per heavy atom. The Balaban J connectivity index is 1.08. The van der Waals surface area contributed by atoms with E-state index in [9.17, 15) is 17.6 Å². The normalized spacial score (nSPS) is 19.8. The molecular formula is C26H32FN5O3S2. The maximum absolute atomic E-state index is 14.0. The highest BCUT2D eigenvalue weighted by Gasteiger charge is 2.28. The molecule has 1 aromatic heterocycles. The molecule has 0 bridgehead atoms. The summed E-state index contributed by atoms with van der Waals surface area (Å²) >= 11 is 1.51. The first-order chi connectivity index (χ1) is 17.8. The number of anilines is 1. The van der Waals surface area contributed by atoms with Gasteiger partial charge in [0.2, 0.25) is 10.0 Å². The van der Waals surface area contributed by atoms with Crippen LogP contribution >= 0.6 is 11.3 Å². The fraction of sp³-hybridized carbons (Fsp3) is 0.462. The first-order valence-corrected chi connectivity index (χ1v) is 15.0. The number of thiazole rings is 1. The van der Waals surface area contributed by atoms with Gasteiger partial charge in [0.15, 0.2) is 5.13 Å². The minimum atomic E-state index is -3.53. The van der Waals surface area contributed by atoms with Gasteiger partial charge in [-0.1, -0.05) is 24.3 Å². The van der Waals surface area contributed by atoms with Crippen LogP contribution in [0.25, 0.3) is 10.2 Å². The van der Waals surface area contributed by atoms with Crippen LogP contribution in [0.1, 0.15) is 30.1 Å². The number of halogens is 1. The lowest BCUT2D eigenvalue weighted by Crippen LogP contribution is -2.48. The summed E-state index contributed by atoms with van der Waals surface area (Å²) in [6.07, 6.45) is 1.92. The van der Waals surface area contributed by atoms with Crippen LogP contribution < -0.4 is 10.2 Å². The Bertz CT molecular complexity index is 1350. The summed E-state index contributed by atoms with van der Waals surface area (Å²) < 4.78 is 42.2. The van der Waals surface area contributed by atoms with Gasteiger partial charge in [-0.2, -0.15) is 4.31 Å². The number of rotatable bonds is 7. The van der Waals surface area contributed by atoms with Gasteiger partial charge in [0.1, 0.15) is 11.3 Å². The van der Waals surface area contributed by atoms with E-state index in [0.717, 1.165) is 48.9 Å². The Morgan fingerprint density at radius 3 is 2.57 bits per heavy atom. The van der Waals surface area contributed by atoms with E-state index in [1.165, 1.54) is 29.5 Å². The maximum atomic E-state index is 14.0. The lowest BCUT2D eigenvalue weighted by molar-refractivity contribution is 0.0947. The molecule has 2 fully saturated rings. The van der Waals surface area contributed by atoms with Crippen molar-refractivity contribution in [2.75, 3.05) is 57.3 Å². The molecule has 0 spiro atoms. The van der Waals surface area contributed by atoms with E-state index in [-0.39, 0.29) is 16.6 Å². The van der Waals surface area contributed by atoms with Crippen molar-refractivity contribution in [3.63, 3.8) is 0 Å². The summed E-state index contributed by atoms with van der Waals surface area (Å²) in [6.45, 7) is 7.61.